The van der Waals surface area contributed by atoms with Gasteiger partial charge in [0, 0.05) is 11.8 Å². The predicted molar refractivity (Wildman–Crippen MR) is 65.3 cm³/mol. The minimum Gasteiger partial charge on any atom is -0.476 e. The summed E-state index contributed by atoms with van der Waals surface area (Å²) in [6.07, 6.45) is 1.54. The van der Waals surface area contributed by atoms with Crippen molar-refractivity contribution in [3.63, 3.8) is 0 Å². The summed E-state index contributed by atoms with van der Waals surface area (Å²) in [5, 5.41) is 13.2. The molecule has 0 amide bonds. The average Bonchev–Trinajstić information content (AvgIpc) is 2.79. The molecule has 2 aromatic heterocycles. The number of benzene rings is 1. The summed E-state index contributed by atoms with van der Waals surface area (Å²) in [5.74, 6) is -1.12. The number of aromatic carboxylic acids is 1. The van der Waals surface area contributed by atoms with Crippen LogP contribution in [0.2, 0.25) is 0 Å². The first kappa shape index (κ1) is 11.3. The molecule has 0 saturated heterocycles. The molecule has 3 rings (SSSR count). The van der Waals surface area contributed by atoms with E-state index in [0.717, 1.165) is 0 Å². The van der Waals surface area contributed by atoms with E-state index in [-0.39, 0.29) is 11.5 Å². The van der Waals surface area contributed by atoms with Crippen molar-refractivity contribution in [2.24, 2.45) is 0 Å². The lowest BCUT2D eigenvalue weighted by Gasteiger charge is -1.99. The van der Waals surface area contributed by atoms with Crippen molar-refractivity contribution in [3.8, 4) is 11.4 Å². The van der Waals surface area contributed by atoms with Gasteiger partial charge in [-0.15, -0.1) is 0 Å². The van der Waals surface area contributed by atoms with Crippen molar-refractivity contribution in [1.29, 1.82) is 0 Å². The van der Waals surface area contributed by atoms with E-state index in [4.69, 9.17) is 5.11 Å². The normalized spacial score (nSPS) is 10.8. The molecule has 0 atom stereocenters. The van der Waals surface area contributed by atoms with Crippen LogP contribution in [0.25, 0.3) is 16.9 Å². The predicted octanol–water partition coefficient (Wildman–Crippen LogP) is 2.23. The molecule has 94 valence electrons. The minimum atomic E-state index is -1.13. The maximum atomic E-state index is 12.9. The summed E-state index contributed by atoms with van der Waals surface area (Å²) in [6.45, 7) is 0. The highest BCUT2D eigenvalue weighted by atomic mass is 19.1. The van der Waals surface area contributed by atoms with Gasteiger partial charge in [0.1, 0.15) is 11.3 Å². The van der Waals surface area contributed by atoms with Gasteiger partial charge in [-0.1, -0.05) is 0 Å². The number of fused-ring (bicyclic) bond motifs is 1. The van der Waals surface area contributed by atoms with Gasteiger partial charge in [-0.25, -0.2) is 18.7 Å². The number of nitrogens with zero attached hydrogens (tertiary/aromatic N) is 3. The Bertz CT molecular complexity index is 765. The maximum absolute atomic E-state index is 12.9. The van der Waals surface area contributed by atoms with Crippen LogP contribution in [0.3, 0.4) is 0 Å². The average molecular weight is 257 g/mol. The van der Waals surface area contributed by atoms with Gasteiger partial charge in [0.15, 0.2) is 11.5 Å². The van der Waals surface area contributed by atoms with Gasteiger partial charge in [0.05, 0.1) is 0 Å². The second-order valence-electron chi connectivity index (χ2n) is 3.92. The van der Waals surface area contributed by atoms with Crippen molar-refractivity contribution < 1.29 is 14.3 Å². The molecule has 0 unspecified atom stereocenters. The van der Waals surface area contributed by atoms with Crippen molar-refractivity contribution in [2.75, 3.05) is 0 Å². The standard InChI is InChI=1S/C13H8FN3O2/c14-9-5-3-8(4-6-9)12-16-11(13(18)19)10-2-1-7-15-17(10)12/h1-7H,(H,18,19). The van der Waals surface area contributed by atoms with Crippen molar-refractivity contribution in [3.05, 3.63) is 54.1 Å². The summed E-state index contributed by atoms with van der Waals surface area (Å²) in [7, 11) is 0. The molecule has 19 heavy (non-hydrogen) atoms. The topological polar surface area (TPSA) is 67.5 Å². The molecule has 6 heteroatoms. The van der Waals surface area contributed by atoms with E-state index in [0.29, 0.717) is 16.9 Å². The zero-order valence-electron chi connectivity index (χ0n) is 9.62. The fraction of sp³-hybridized carbons (Fsp3) is 0. The lowest BCUT2D eigenvalue weighted by molar-refractivity contribution is 0.0693. The lowest BCUT2D eigenvalue weighted by atomic mass is 10.2. The zero-order valence-corrected chi connectivity index (χ0v) is 9.62. The van der Waals surface area contributed by atoms with Gasteiger partial charge in [0.25, 0.3) is 0 Å². The van der Waals surface area contributed by atoms with E-state index < -0.39 is 5.97 Å². The van der Waals surface area contributed by atoms with Gasteiger partial charge in [-0.2, -0.15) is 5.10 Å². The Labute approximate surface area is 107 Å². The summed E-state index contributed by atoms with van der Waals surface area (Å²) >= 11 is 0. The number of hydrogen-bond acceptors (Lipinski definition) is 3. The molecule has 0 radical (unpaired) electrons. The Hall–Kier alpha value is -2.76. The Morgan fingerprint density at radius 1 is 1.21 bits per heavy atom. The number of halogens is 1. The SMILES string of the molecule is O=C(O)c1nc(-c2ccc(F)cc2)n2ncccc12. The van der Waals surface area contributed by atoms with E-state index >= 15 is 0 Å². The van der Waals surface area contributed by atoms with Gasteiger partial charge in [-0.3, -0.25) is 0 Å². The third-order valence-corrected chi connectivity index (χ3v) is 2.72. The highest BCUT2D eigenvalue weighted by Gasteiger charge is 2.18. The highest BCUT2D eigenvalue weighted by molar-refractivity contribution is 5.94. The molecule has 0 aliphatic carbocycles. The second kappa shape index (κ2) is 4.16. The Balaban J connectivity index is 2.29. The lowest BCUT2D eigenvalue weighted by Crippen LogP contribution is -1.97. The van der Waals surface area contributed by atoms with Crippen LogP contribution in [-0.2, 0) is 0 Å². The van der Waals surface area contributed by atoms with Gasteiger partial charge < -0.3 is 5.11 Å². The first-order valence-corrected chi connectivity index (χ1v) is 5.50. The molecule has 0 aliphatic heterocycles. The summed E-state index contributed by atoms with van der Waals surface area (Å²) in [5.41, 5.74) is 0.921. The molecular weight excluding hydrogens is 249 g/mol. The van der Waals surface area contributed by atoms with Crippen molar-refractivity contribution in [2.45, 2.75) is 0 Å². The summed E-state index contributed by atoms with van der Waals surface area (Å²) in [4.78, 5) is 15.2. The van der Waals surface area contributed by atoms with Crippen LogP contribution in [-0.4, -0.2) is 25.7 Å². The molecule has 0 spiro atoms. The van der Waals surface area contributed by atoms with E-state index in [1.807, 2.05) is 0 Å². The number of hydrogen-bond donors (Lipinski definition) is 1. The van der Waals surface area contributed by atoms with Crippen molar-refractivity contribution >= 4 is 11.5 Å². The molecular formula is C13H8FN3O2. The third kappa shape index (κ3) is 1.83. The number of rotatable bonds is 2. The molecule has 3 aromatic rings. The first-order valence-electron chi connectivity index (χ1n) is 5.50. The van der Waals surface area contributed by atoms with E-state index in [9.17, 15) is 9.18 Å². The molecule has 0 bridgehead atoms. The van der Waals surface area contributed by atoms with Crippen LogP contribution in [0.4, 0.5) is 4.39 Å². The second-order valence-corrected chi connectivity index (χ2v) is 3.92. The number of carboxylic acids is 1. The van der Waals surface area contributed by atoms with E-state index in [1.165, 1.54) is 35.0 Å². The Morgan fingerprint density at radius 2 is 1.95 bits per heavy atom. The van der Waals surface area contributed by atoms with Crippen LogP contribution < -0.4 is 0 Å². The van der Waals surface area contributed by atoms with Crippen LogP contribution in [0, 0.1) is 5.82 Å². The zero-order chi connectivity index (χ0) is 13.4. The fourth-order valence-electron chi connectivity index (χ4n) is 1.87. The smallest absolute Gasteiger partial charge is 0.356 e. The molecule has 0 saturated carbocycles. The highest BCUT2D eigenvalue weighted by Crippen LogP contribution is 2.21. The van der Waals surface area contributed by atoms with Gasteiger partial charge >= 0.3 is 5.97 Å². The maximum Gasteiger partial charge on any atom is 0.356 e. The molecule has 2 heterocycles. The van der Waals surface area contributed by atoms with E-state index in [1.54, 1.807) is 12.1 Å². The van der Waals surface area contributed by atoms with Crippen LogP contribution in [0.5, 0.6) is 0 Å². The van der Waals surface area contributed by atoms with Gasteiger partial charge in [-0.05, 0) is 36.4 Å². The van der Waals surface area contributed by atoms with E-state index in [2.05, 4.69) is 10.1 Å². The summed E-state index contributed by atoms with van der Waals surface area (Å²) in [6, 6.07) is 8.91. The molecule has 1 N–H and O–H groups in total. The number of aromatic nitrogens is 3. The first-order chi connectivity index (χ1) is 9.16. The fourth-order valence-corrected chi connectivity index (χ4v) is 1.87. The largest absolute Gasteiger partial charge is 0.476 e. The van der Waals surface area contributed by atoms with Crippen LogP contribution in [0.1, 0.15) is 10.5 Å². The minimum absolute atomic E-state index is 0.0765. The van der Waals surface area contributed by atoms with Crippen molar-refractivity contribution in [1.82, 2.24) is 14.6 Å². The molecule has 0 fully saturated rings. The quantitative estimate of drug-likeness (QED) is 0.764. The number of carbonyl (C=O) groups is 1. The Kier molecular flexibility index (Phi) is 2.49. The monoisotopic (exact) mass is 257 g/mol. The van der Waals surface area contributed by atoms with Gasteiger partial charge in [0.2, 0.25) is 0 Å². The number of carboxylic acid groups (broad SMARTS) is 1. The molecule has 5 nitrogen and oxygen atoms in total. The molecule has 1 aromatic carbocycles. The summed E-state index contributed by atoms with van der Waals surface area (Å²) < 4.78 is 14.3. The Morgan fingerprint density at radius 3 is 2.63 bits per heavy atom. The number of imidazole rings is 1. The van der Waals surface area contributed by atoms with Crippen LogP contribution >= 0.6 is 0 Å². The third-order valence-electron chi connectivity index (χ3n) is 2.72. The van der Waals surface area contributed by atoms with Crippen LogP contribution in [0.15, 0.2) is 42.6 Å². The molecule has 0 aliphatic rings.